The van der Waals surface area contributed by atoms with Crippen LogP contribution in [0, 0.1) is 11.8 Å². The van der Waals surface area contributed by atoms with Crippen molar-refractivity contribution in [2.24, 2.45) is 0 Å². The molecule has 0 spiro atoms. The molecule has 0 aliphatic carbocycles. The number of carboxylic acid groups (broad SMARTS) is 1. The summed E-state index contributed by atoms with van der Waals surface area (Å²) in [6.45, 7) is 0. The first-order valence-electron chi connectivity index (χ1n) is 9.64. The van der Waals surface area contributed by atoms with Crippen molar-refractivity contribution in [1.82, 2.24) is 9.97 Å². The Bertz CT molecular complexity index is 1520. The first-order valence-corrected chi connectivity index (χ1v) is 11.1. The zero-order chi connectivity index (χ0) is 23.4. The average molecular weight is 459 g/mol. The Hall–Kier alpha value is -4.42. The maximum Gasteiger partial charge on any atom is 0.335 e. The largest absolute Gasteiger partial charge is 0.480 e. The highest BCUT2D eigenvalue weighted by atomic mass is 32.2. The normalized spacial score (nSPS) is 10.8. The number of para-hydroxylation sites is 1. The maximum atomic E-state index is 13.0. The Morgan fingerprint density at radius 1 is 1.00 bits per heavy atom. The molecule has 0 aliphatic heterocycles. The van der Waals surface area contributed by atoms with Crippen LogP contribution in [0.5, 0.6) is 5.88 Å². The molecule has 0 aliphatic rings. The van der Waals surface area contributed by atoms with Crippen LogP contribution >= 0.6 is 0 Å². The van der Waals surface area contributed by atoms with Crippen molar-refractivity contribution >= 4 is 32.7 Å². The highest BCUT2D eigenvalue weighted by molar-refractivity contribution is 7.92. The number of fused-ring (bicyclic) bond motifs is 1. The molecule has 8 nitrogen and oxygen atoms in total. The van der Waals surface area contributed by atoms with Gasteiger partial charge in [0.25, 0.3) is 10.0 Å². The Kier molecular flexibility index (Phi) is 5.93. The molecular formula is C24H17N3O5S. The second-order valence-electron chi connectivity index (χ2n) is 6.85. The topological polar surface area (TPSA) is 118 Å². The molecular weight excluding hydrogens is 442 g/mol. The van der Waals surface area contributed by atoms with Gasteiger partial charge in [0.2, 0.25) is 5.88 Å². The van der Waals surface area contributed by atoms with Gasteiger partial charge in [-0.05, 0) is 54.6 Å². The van der Waals surface area contributed by atoms with Gasteiger partial charge in [-0.1, -0.05) is 24.0 Å². The van der Waals surface area contributed by atoms with Crippen LogP contribution in [0.4, 0.5) is 5.69 Å². The summed E-state index contributed by atoms with van der Waals surface area (Å²) >= 11 is 0. The van der Waals surface area contributed by atoms with E-state index in [9.17, 15) is 13.2 Å². The van der Waals surface area contributed by atoms with E-state index in [2.05, 4.69) is 26.5 Å². The zero-order valence-electron chi connectivity index (χ0n) is 17.3. The van der Waals surface area contributed by atoms with Crippen LogP contribution in [-0.2, 0) is 10.0 Å². The zero-order valence-corrected chi connectivity index (χ0v) is 18.1. The summed E-state index contributed by atoms with van der Waals surface area (Å²) in [5.74, 6) is 5.17. The van der Waals surface area contributed by atoms with Crippen LogP contribution in [0.15, 0.2) is 77.8 Å². The molecule has 164 valence electrons. The van der Waals surface area contributed by atoms with Crippen LogP contribution in [0.2, 0.25) is 0 Å². The monoisotopic (exact) mass is 459 g/mol. The lowest BCUT2D eigenvalue weighted by molar-refractivity contribution is 0.0697. The minimum absolute atomic E-state index is 0.0292. The lowest BCUT2D eigenvalue weighted by Gasteiger charge is -2.10. The summed E-state index contributed by atoms with van der Waals surface area (Å²) in [7, 11) is -2.45. The van der Waals surface area contributed by atoms with Gasteiger partial charge in [-0.3, -0.25) is 4.72 Å². The fourth-order valence-electron chi connectivity index (χ4n) is 2.96. The van der Waals surface area contributed by atoms with Crippen molar-refractivity contribution in [2.75, 3.05) is 11.8 Å². The molecule has 33 heavy (non-hydrogen) atoms. The van der Waals surface area contributed by atoms with Crippen molar-refractivity contribution in [2.45, 2.75) is 4.90 Å². The third-order valence-corrected chi connectivity index (χ3v) is 6.02. The number of aromatic carboxylic acids is 1. The van der Waals surface area contributed by atoms with E-state index in [4.69, 9.17) is 9.84 Å². The van der Waals surface area contributed by atoms with Gasteiger partial charge in [-0.25, -0.2) is 23.2 Å². The Labute approximate surface area is 190 Å². The molecule has 0 saturated heterocycles. The molecule has 0 amide bonds. The number of nitrogens with zero attached hydrogens (tertiary/aromatic N) is 2. The summed E-state index contributed by atoms with van der Waals surface area (Å²) in [6.07, 6.45) is 1.42. The lowest BCUT2D eigenvalue weighted by atomic mass is 10.1. The first-order chi connectivity index (χ1) is 15.9. The first kappa shape index (κ1) is 21.8. The van der Waals surface area contributed by atoms with E-state index < -0.39 is 16.0 Å². The van der Waals surface area contributed by atoms with Crippen LogP contribution < -0.4 is 9.46 Å². The standard InChI is InChI=1S/C24H17N3O5S/c1-32-23-15-25-22-14-19(12-13-21(22)26-23)33(30,31)27-20-5-3-2-4-17(20)9-6-16-7-10-18(11-8-16)24(28)29/h2-5,7-8,10-15,27H,1H3,(H,28,29). The molecule has 0 bridgehead atoms. The van der Waals surface area contributed by atoms with E-state index in [1.54, 1.807) is 42.5 Å². The van der Waals surface area contributed by atoms with Crippen molar-refractivity contribution in [1.29, 1.82) is 0 Å². The number of anilines is 1. The second kappa shape index (κ2) is 8.98. The molecule has 0 radical (unpaired) electrons. The summed E-state index contributed by atoms with van der Waals surface area (Å²) in [4.78, 5) is 19.4. The van der Waals surface area contributed by atoms with Crippen molar-refractivity contribution < 1.29 is 23.1 Å². The number of hydrogen-bond donors (Lipinski definition) is 2. The number of ether oxygens (including phenoxy) is 1. The minimum Gasteiger partial charge on any atom is -0.480 e. The van der Waals surface area contributed by atoms with E-state index in [0.29, 0.717) is 33.7 Å². The Morgan fingerprint density at radius 3 is 2.48 bits per heavy atom. The number of methoxy groups -OCH3 is 1. The quantitative estimate of drug-likeness (QED) is 0.438. The molecule has 4 rings (SSSR count). The van der Waals surface area contributed by atoms with Crippen LogP contribution in [0.25, 0.3) is 11.0 Å². The highest BCUT2D eigenvalue weighted by Gasteiger charge is 2.17. The van der Waals surface area contributed by atoms with Crippen LogP contribution in [-0.4, -0.2) is 36.6 Å². The smallest absolute Gasteiger partial charge is 0.335 e. The van der Waals surface area contributed by atoms with Crippen molar-refractivity contribution in [3.05, 3.63) is 89.6 Å². The summed E-state index contributed by atoms with van der Waals surface area (Å²) in [5.41, 5.74) is 2.46. The summed E-state index contributed by atoms with van der Waals surface area (Å²) in [6, 6.07) is 17.3. The number of rotatable bonds is 5. The third kappa shape index (κ3) is 4.92. The number of hydrogen-bond acceptors (Lipinski definition) is 6. The average Bonchev–Trinajstić information content (AvgIpc) is 2.82. The Balaban J connectivity index is 1.62. The van der Waals surface area contributed by atoms with Gasteiger partial charge >= 0.3 is 5.97 Å². The van der Waals surface area contributed by atoms with Gasteiger partial charge in [0, 0.05) is 11.1 Å². The number of aromatic nitrogens is 2. The van der Waals surface area contributed by atoms with Crippen molar-refractivity contribution in [3.8, 4) is 17.7 Å². The molecule has 0 unspecified atom stereocenters. The molecule has 3 aromatic carbocycles. The molecule has 0 fully saturated rings. The molecule has 1 aromatic heterocycles. The number of benzene rings is 3. The number of nitrogens with one attached hydrogen (secondary N) is 1. The lowest BCUT2D eigenvalue weighted by Crippen LogP contribution is -2.14. The van der Waals surface area contributed by atoms with Crippen LogP contribution in [0.1, 0.15) is 21.5 Å². The van der Waals surface area contributed by atoms with Crippen molar-refractivity contribution in [3.63, 3.8) is 0 Å². The molecule has 0 saturated carbocycles. The number of carbonyl (C=O) groups is 1. The third-order valence-electron chi connectivity index (χ3n) is 4.66. The minimum atomic E-state index is -3.92. The molecule has 4 aromatic rings. The van der Waals surface area contributed by atoms with E-state index >= 15 is 0 Å². The van der Waals surface area contributed by atoms with Gasteiger partial charge in [0.1, 0.15) is 0 Å². The number of sulfonamides is 1. The molecule has 9 heteroatoms. The van der Waals surface area contributed by atoms with E-state index in [1.807, 2.05) is 0 Å². The van der Waals surface area contributed by atoms with Gasteiger partial charge in [0.15, 0.2) is 0 Å². The summed E-state index contributed by atoms with van der Waals surface area (Å²) in [5, 5.41) is 8.99. The summed E-state index contributed by atoms with van der Waals surface area (Å²) < 4.78 is 33.6. The highest BCUT2D eigenvalue weighted by Crippen LogP contribution is 2.22. The molecule has 2 N–H and O–H groups in total. The van der Waals surface area contributed by atoms with Gasteiger partial charge in [-0.2, -0.15) is 0 Å². The van der Waals surface area contributed by atoms with Gasteiger partial charge < -0.3 is 9.84 Å². The SMILES string of the molecule is COc1cnc2cc(S(=O)(=O)Nc3ccccc3C#Cc3ccc(C(=O)O)cc3)ccc2n1. The maximum absolute atomic E-state index is 13.0. The van der Waals surface area contributed by atoms with E-state index in [0.717, 1.165) is 0 Å². The Morgan fingerprint density at radius 2 is 1.76 bits per heavy atom. The fourth-order valence-corrected chi connectivity index (χ4v) is 4.06. The van der Waals surface area contributed by atoms with E-state index in [-0.39, 0.29) is 10.5 Å². The number of carboxylic acids is 1. The van der Waals surface area contributed by atoms with E-state index in [1.165, 1.54) is 37.6 Å². The fraction of sp³-hybridized carbons (Fsp3) is 0.0417. The van der Waals surface area contributed by atoms with Crippen LogP contribution in [0.3, 0.4) is 0 Å². The predicted octanol–water partition coefficient (Wildman–Crippen LogP) is 3.54. The van der Waals surface area contributed by atoms with Gasteiger partial charge in [-0.15, -0.1) is 0 Å². The predicted molar refractivity (Wildman–Crippen MR) is 123 cm³/mol. The van der Waals surface area contributed by atoms with Gasteiger partial charge in [0.05, 0.1) is 40.5 Å². The molecule has 1 heterocycles. The molecule has 0 atom stereocenters. The second-order valence-corrected chi connectivity index (χ2v) is 8.53.